The number of rotatable bonds is 4. The van der Waals surface area contributed by atoms with Gasteiger partial charge in [0.15, 0.2) is 5.96 Å². The van der Waals surface area contributed by atoms with E-state index in [9.17, 15) is 0 Å². The molecule has 0 spiro atoms. The van der Waals surface area contributed by atoms with E-state index in [1.54, 1.807) is 0 Å². The third kappa shape index (κ3) is 7.16. The van der Waals surface area contributed by atoms with Crippen molar-refractivity contribution in [3.63, 3.8) is 0 Å². The number of unbranched alkanes of at least 4 members (excludes halogenated alkanes) is 1. The summed E-state index contributed by atoms with van der Waals surface area (Å²) < 4.78 is 0. The van der Waals surface area contributed by atoms with Gasteiger partial charge in [0, 0.05) is 12.6 Å². The van der Waals surface area contributed by atoms with Crippen LogP contribution in [0.4, 0.5) is 0 Å². The van der Waals surface area contributed by atoms with Crippen molar-refractivity contribution in [1.82, 2.24) is 5.32 Å². The average molecular weight is 157 g/mol. The van der Waals surface area contributed by atoms with E-state index < -0.39 is 0 Å². The summed E-state index contributed by atoms with van der Waals surface area (Å²) in [5.41, 5.74) is 5.55. The van der Waals surface area contributed by atoms with Crippen molar-refractivity contribution in [2.45, 2.75) is 39.7 Å². The van der Waals surface area contributed by atoms with Crippen molar-refractivity contribution in [3.8, 4) is 0 Å². The second-order valence-corrected chi connectivity index (χ2v) is 2.92. The molecule has 0 atom stereocenters. The van der Waals surface area contributed by atoms with Gasteiger partial charge in [0.2, 0.25) is 0 Å². The van der Waals surface area contributed by atoms with Gasteiger partial charge in [-0.1, -0.05) is 13.3 Å². The molecule has 0 saturated carbocycles. The van der Waals surface area contributed by atoms with Gasteiger partial charge in [0.1, 0.15) is 0 Å². The van der Waals surface area contributed by atoms with E-state index in [2.05, 4.69) is 17.2 Å². The molecular weight excluding hydrogens is 138 g/mol. The molecule has 0 amide bonds. The van der Waals surface area contributed by atoms with Crippen LogP contribution in [0.3, 0.4) is 0 Å². The van der Waals surface area contributed by atoms with Crippen molar-refractivity contribution in [2.75, 3.05) is 6.54 Å². The largest absolute Gasteiger partial charge is 0.370 e. The van der Waals surface area contributed by atoms with Crippen LogP contribution in [0.25, 0.3) is 0 Å². The van der Waals surface area contributed by atoms with Gasteiger partial charge in [-0.05, 0) is 20.3 Å². The van der Waals surface area contributed by atoms with Crippen LogP contribution in [0.2, 0.25) is 0 Å². The number of guanidine groups is 1. The number of nitrogens with one attached hydrogen (secondary N) is 1. The first kappa shape index (κ1) is 10.3. The van der Waals surface area contributed by atoms with Gasteiger partial charge in [0.05, 0.1) is 0 Å². The molecule has 0 saturated heterocycles. The fourth-order valence-corrected chi connectivity index (χ4v) is 0.699. The third-order valence-corrected chi connectivity index (χ3v) is 1.23. The molecule has 3 nitrogen and oxygen atoms in total. The molecule has 0 aliphatic heterocycles. The highest BCUT2D eigenvalue weighted by molar-refractivity contribution is 5.77. The van der Waals surface area contributed by atoms with Crippen molar-refractivity contribution in [1.29, 1.82) is 0 Å². The predicted octanol–water partition coefficient (Wildman–Crippen LogP) is 1.10. The topological polar surface area (TPSA) is 50.4 Å². The molecule has 0 fully saturated rings. The summed E-state index contributed by atoms with van der Waals surface area (Å²) in [4.78, 5) is 4.14. The average Bonchev–Trinajstić information content (AvgIpc) is 1.86. The highest BCUT2D eigenvalue weighted by Crippen LogP contribution is 1.86. The molecule has 0 aromatic rings. The van der Waals surface area contributed by atoms with Crippen LogP contribution < -0.4 is 11.1 Å². The van der Waals surface area contributed by atoms with Crippen LogP contribution in [-0.2, 0) is 0 Å². The number of nitrogens with two attached hydrogens (primary N) is 1. The predicted molar refractivity (Wildman–Crippen MR) is 49.7 cm³/mol. The van der Waals surface area contributed by atoms with Gasteiger partial charge in [-0.25, -0.2) is 0 Å². The summed E-state index contributed by atoms with van der Waals surface area (Å²) in [5, 5.41) is 3.03. The highest BCUT2D eigenvalue weighted by Gasteiger charge is 1.92. The van der Waals surface area contributed by atoms with Crippen LogP contribution in [-0.4, -0.2) is 18.5 Å². The van der Waals surface area contributed by atoms with Crippen LogP contribution in [0, 0.1) is 0 Å². The molecule has 0 aromatic carbocycles. The maximum atomic E-state index is 5.55. The number of hydrogen-bond donors (Lipinski definition) is 2. The minimum Gasteiger partial charge on any atom is -0.370 e. The first-order valence-electron chi connectivity index (χ1n) is 4.23. The van der Waals surface area contributed by atoms with E-state index >= 15 is 0 Å². The first-order chi connectivity index (χ1) is 5.16. The molecule has 0 heterocycles. The summed E-state index contributed by atoms with van der Waals surface area (Å²) in [6, 6.07) is 0.375. The smallest absolute Gasteiger partial charge is 0.188 e. The van der Waals surface area contributed by atoms with Crippen LogP contribution in [0.1, 0.15) is 33.6 Å². The zero-order chi connectivity index (χ0) is 8.69. The van der Waals surface area contributed by atoms with Crippen molar-refractivity contribution < 1.29 is 0 Å². The molecular formula is C8H19N3. The van der Waals surface area contributed by atoms with Gasteiger partial charge in [-0.2, -0.15) is 0 Å². The zero-order valence-electron chi connectivity index (χ0n) is 7.72. The lowest BCUT2D eigenvalue weighted by molar-refractivity contribution is 0.718. The Bertz CT molecular complexity index is 119. The normalized spacial score (nSPS) is 12.2. The van der Waals surface area contributed by atoms with E-state index in [1.165, 1.54) is 6.42 Å². The summed E-state index contributed by atoms with van der Waals surface area (Å²) >= 11 is 0. The Morgan fingerprint density at radius 2 is 2.18 bits per heavy atom. The molecule has 0 rings (SSSR count). The Kier molecular flexibility index (Phi) is 5.61. The minimum absolute atomic E-state index is 0.375. The molecule has 0 unspecified atom stereocenters. The quantitative estimate of drug-likeness (QED) is 0.365. The first-order valence-corrected chi connectivity index (χ1v) is 4.23. The molecule has 3 heteroatoms. The molecule has 0 radical (unpaired) electrons. The van der Waals surface area contributed by atoms with Crippen molar-refractivity contribution in [3.05, 3.63) is 0 Å². The van der Waals surface area contributed by atoms with Crippen molar-refractivity contribution >= 4 is 5.96 Å². The van der Waals surface area contributed by atoms with Crippen LogP contribution in [0.15, 0.2) is 4.99 Å². The Hall–Kier alpha value is -0.730. The summed E-state index contributed by atoms with van der Waals surface area (Å²) in [7, 11) is 0. The second-order valence-electron chi connectivity index (χ2n) is 2.92. The molecule has 0 aromatic heterocycles. The molecule has 11 heavy (non-hydrogen) atoms. The molecule has 0 aliphatic carbocycles. The Balaban J connectivity index is 3.46. The van der Waals surface area contributed by atoms with Gasteiger partial charge in [0.25, 0.3) is 0 Å². The Labute approximate surface area is 69.1 Å². The van der Waals surface area contributed by atoms with E-state index in [0.717, 1.165) is 13.0 Å². The maximum absolute atomic E-state index is 5.55. The second kappa shape index (κ2) is 6.01. The number of hydrogen-bond acceptors (Lipinski definition) is 1. The fraction of sp³-hybridized carbons (Fsp3) is 0.875. The zero-order valence-corrected chi connectivity index (χ0v) is 7.72. The van der Waals surface area contributed by atoms with Gasteiger partial charge >= 0.3 is 0 Å². The van der Waals surface area contributed by atoms with E-state index in [-0.39, 0.29) is 0 Å². The van der Waals surface area contributed by atoms with Crippen LogP contribution >= 0.6 is 0 Å². The van der Waals surface area contributed by atoms with E-state index in [4.69, 9.17) is 5.73 Å². The highest BCUT2D eigenvalue weighted by atomic mass is 15.1. The van der Waals surface area contributed by atoms with Gasteiger partial charge in [-0.15, -0.1) is 0 Å². The standard InChI is InChI=1S/C8H19N3/c1-4-5-6-10-8(9)11-7(2)3/h7H,4-6H2,1-3H3,(H3,9,10,11). The van der Waals surface area contributed by atoms with Gasteiger partial charge in [-0.3, -0.25) is 4.99 Å². The Morgan fingerprint density at radius 1 is 1.55 bits per heavy atom. The monoisotopic (exact) mass is 157 g/mol. The molecule has 3 N–H and O–H groups in total. The lowest BCUT2D eigenvalue weighted by atomic mass is 10.3. The van der Waals surface area contributed by atoms with Crippen LogP contribution in [0.5, 0.6) is 0 Å². The Morgan fingerprint density at radius 3 is 2.64 bits per heavy atom. The summed E-state index contributed by atoms with van der Waals surface area (Å²) in [5.74, 6) is 0.563. The third-order valence-electron chi connectivity index (χ3n) is 1.23. The van der Waals surface area contributed by atoms with E-state index in [0.29, 0.717) is 12.0 Å². The fourth-order valence-electron chi connectivity index (χ4n) is 0.699. The molecule has 66 valence electrons. The maximum Gasteiger partial charge on any atom is 0.188 e. The lowest BCUT2D eigenvalue weighted by Gasteiger charge is -2.07. The molecule has 0 aliphatic rings. The van der Waals surface area contributed by atoms with Crippen molar-refractivity contribution in [2.24, 2.45) is 10.7 Å². The molecule has 0 bridgehead atoms. The number of nitrogens with zero attached hydrogens (tertiary/aromatic N) is 1. The minimum atomic E-state index is 0.375. The number of aliphatic imine (C=N–C) groups is 1. The lowest BCUT2D eigenvalue weighted by Crippen LogP contribution is -2.36. The van der Waals surface area contributed by atoms with Gasteiger partial charge < -0.3 is 11.1 Å². The summed E-state index contributed by atoms with van der Waals surface area (Å²) in [6.45, 7) is 7.06. The summed E-state index contributed by atoms with van der Waals surface area (Å²) in [6.07, 6.45) is 2.28. The SMILES string of the molecule is CCCCN=C(N)NC(C)C. The van der Waals surface area contributed by atoms with E-state index in [1.807, 2.05) is 13.8 Å².